The van der Waals surface area contributed by atoms with Crippen molar-refractivity contribution in [3.63, 3.8) is 0 Å². The van der Waals surface area contributed by atoms with Crippen LogP contribution >= 0.6 is 11.6 Å². The van der Waals surface area contributed by atoms with Crippen molar-refractivity contribution in [3.05, 3.63) is 46.6 Å². The van der Waals surface area contributed by atoms with Crippen LogP contribution in [0.25, 0.3) is 17.0 Å². The van der Waals surface area contributed by atoms with Gasteiger partial charge >= 0.3 is 0 Å². The Morgan fingerprint density at radius 3 is 2.76 bits per heavy atom. The fraction of sp³-hybridized carbons (Fsp3) is 0. The lowest BCUT2D eigenvalue weighted by atomic mass is 10.1. The summed E-state index contributed by atoms with van der Waals surface area (Å²) in [5, 5.41) is 18.9. The number of fused-ring (bicyclic) bond motifs is 1. The standard InChI is InChI=1S/C13H6ClN3/c14-12-5-10-2-1-3-17-13(10)11(6-12)4-9(7-15)8-16/h1-6H. The summed E-state index contributed by atoms with van der Waals surface area (Å²) >= 11 is 5.97. The van der Waals surface area contributed by atoms with Crippen molar-refractivity contribution in [1.82, 2.24) is 4.98 Å². The third-order valence-corrected chi connectivity index (χ3v) is 2.46. The molecule has 80 valence electrons. The lowest BCUT2D eigenvalue weighted by Crippen LogP contribution is -1.84. The number of allylic oxidation sites excluding steroid dienone is 1. The maximum atomic E-state index is 8.73. The van der Waals surface area contributed by atoms with E-state index in [1.807, 2.05) is 24.3 Å². The first-order valence-corrected chi connectivity index (χ1v) is 5.18. The van der Waals surface area contributed by atoms with Crippen LogP contribution in [0.1, 0.15) is 5.56 Å². The summed E-state index contributed by atoms with van der Waals surface area (Å²) in [5.74, 6) is 0. The van der Waals surface area contributed by atoms with E-state index < -0.39 is 0 Å². The van der Waals surface area contributed by atoms with Crippen molar-refractivity contribution in [2.75, 3.05) is 0 Å². The molecule has 2 rings (SSSR count). The maximum Gasteiger partial charge on any atom is 0.130 e. The van der Waals surface area contributed by atoms with Gasteiger partial charge in [0.25, 0.3) is 0 Å². The average molecular weight is 240 g/mol. The molecule has 1 aromatic heterocycles. The van der Waals surface area contributed by atoms with Gasteiger partial charge in [0.1, 0.15) is 17.7 Å². The van der Waals surface area contributed by atoms with Gasteiger partial charge in [-0.05, 0) is 24.3 Å². The predicted molar refractivity (Wildman–Crippen MR) is 66.0 cm³/mol. The lowest BCUT2D eigenvalue weighted by Gasteiger charge is -2.02. The van der Waals surface area contributed by atoms with Gasteiger partial charge in [-0.3, -0.25) is 4.98 Å². The normalized spacial score (nSPS) is 9.35. The second-order valence-corrected chi connectivity index (χ2v) is 3.79. The van der Waals surface area contributed by atoms with E-state index in [-0.39, 0.29) is 5.57 Å². The third-order valence-electron chi connectivity index (χ3n) is 2.24. The largest absolute Gasteiger partial charge is 0.256 e. The third kappa shape index (κ3) is 2.25. The van der Waals surface area contributed by atoms with E-state index in [0.29, 0.717) is 10.6 Å². The van der Waals surface area contributed by atoms with Gasteiger partial charge in [-0.15, -0.1) is 0 Å². The molecule has 0 spiro atoms. The molecule has 1 heterocycles. The second kappa shape index (κ2) is 4.65. The van der Waals surface area contributed by atoms with Gasteiger partial charge < -0.3 is 0 Å². The highest BCUT2D eigenvalue weighted by Crippen LogP contribution is 2.23. The molecule has 0 saturated carbocycles. The molecule has 1 aromatic carbocycles. The molecule has 0 amide bonds. The number of nitrogens with zero attached hydrogens (tertiary/aromatic N) is 3. The van der Waals surface area contributed by atoms with Crippen molar-refractivity contribution in [2.24, 2.45) is 0 Å². The van der Waals surface area contributed by atoms with Gasteiger partial charge in [0, 0.05) is 22.2 Å². The average Bonchev–Trinajstić information content (AvgIpc) is 2.35. The number of rotatable bonds is 1. The first-order chi connectivity index (χ1) is 8.24. The highest BCUT2D eigenvalue weighted by atomic mass is 35.5. The Morgan fingerprint density at radius 2 is 2.06 bits per heavy atom. The minimum atomic E-state index is 0.0271. The summed E-state index contributed by atoms with van der Waals surface area (Å²) in [4.78, 5) is 4.22. The van der Waals surface area contributed by atoms with Crippen LogP contribution in [0, 0.1) is 22.7 Å². The van der Waals surface area contributed by atoms with Crippen molar-refractivity contribution >= 4 is 28.6 Å². The molecule has 4 heteroatoms. The molecule has 0 aliphatic rings. The Hall–Kier alpha value is -2.36. The van der Waals surface area contributed by atoms with Crippen LogP contribution in [0.4, 0.5) is 0 Å². The highest BCUT2D eigenvalue weighted by Gasteiger charge is 2.03. The second-order valence-electron chi connectivity index (χ2n) is 3.35. The zero-order valence-corrected chi connectivity index (χ0v) is 9.44. The van der Waals surface area contributed by atoms with Gasteiger partial charge in [0.15, 0.2) is 0 Å². The molecular weight excluding hydrogens is 234 g/mol. The minimum absolute atomic E-state index is 0.0271. The Kier molecular flexibility index (Phi) is 3.05. The fourth-order valence-corrected chi connectivity index (χ4v) is 1.77. The monoisotopic (exact) mass is 239 g/mol. The van der Waals surface area contributed by atoms with E-state index in [4.69, 9.17) is 22.1 Å². The number of pyridine rings is 1. The first kappa shape index (κ1) is 11.1. The molecule has 3 nitrogen and oxygen atoms in total. The minimum Gasteiger partial charge on any atom is -0.256 e. The quantitative estimate of drug-likeness (QED) is 0.717. The van der Waals surface area contributed by atoms with Gasteiger partial charge in [-0.2, -0.15) is 10.5 Å². The molecule has 0 bridgehead atoms. The number of hydrogen-bond acceptors (Lipinski definition) is 3. The number of aromatic nitrogens is 1. The maximum absolute atomic E-state index is 8.73. The Bertz CT molecular complexity index is 674. The van der Waals surface area contributed by atoms with Crippen LogP contribution in [0.3, 0.4) is 0 Å². The highest BCUT2D eigenvalue weighted by molar-refractivity contribution is 6.31. The SMILES string of the molecule is N#CC(C#N)=Cc1cc(Cl)cc2cccnc12. The Balaban J connectivity index is 2.74. The van der Waals surface area contributed by atoms with E-state index in [1.165, 1.54) is 6.08 Å². The summed E-state index contributed by atoms with van der Waals surface area (Å²) < 4.78 is 0. The number of benzene rings is 1. The summed E-state index contributed by atoms with van der Waals surface area (Å²) in [7, 11) is 0. The molecular formula is C13H6ClN3. The van der Waals surface area contributed by atoms with E-state index in [9.17, 15) is 0 Å². The van der Waals surface area contributed by atoms with Gasteiger partial charge in [-0.25, -0.2) is 0 Å². The van der Waals surface area contributed by atoms with Crippen LogP contribution in [-0.4, -0.2) is 4.98 Å². The van der Waals surface area contributed by atoms with Crippen LogP contribution < -0.4 is 0 Å². The predicted octanol–water partition coefficient (Wildman–Crippen LogP) is 3.32. The molecule has 0 saturated heterocycles. The van der Waals surface area contributed by atoms with Crippen molar-refractivity contribution < 1.29 is 0 Å². The van der Waals surface area contributed by atoms with Crippen molar-refractivity contribution in [2.45, 2.75) is 0 Å². The molecule has 0 aliphatic carbocycles. The Morgan fingerprint density at radius 1 is 1.29 bits per heavy atom. The summed E-state index contributed by atoms with van der Waals surface area (Å²) in [6.07, 6.45) is 3.15. The van der Waals surface area contributed by atoms with Gasteiger partial charge in [0.05, 0.1) is 5.52 Å². The van der Waals surface area contributed by atoms with Crippen molar-refractivity contribution in [3.8, 4) is 12.1 Å². The van der Waals surface area contributed by atoms with Gasteiger partial charge in [0.2, 0.25) is 0 Å². The van der Waals surface area contributed by atoms with E-state index >= 15 is 0 Å². The number of halogens is 1. The molecule has 17 heavy (non-hydrogen) atoms. The lowest BCUT2D eigenvalue weighted by molar-refractivity contribution is 1.40. The molecule has 0 atom stereocenters. The number of hydrogen-bond donors (Lipinski definition) is 0. The molecule has 0 N–H and O–H groups in total. The van der Waals surface area contributed by atoms with E-state index in [0.717, 1.165) is 10.9 Å². The fourth-order valence-electron chi connectivity index (χ4n) is 1.54. The molecule has 2 aromatic rings. The summed E-state index contributed by atoms with van der Waals surface area (Å²) in [6, 6.07) is 10.8. The van der Waals surface area contributed by atoms with Crippen LogP contribution in [0.5, 0.6) is 0 Å². The summed E-state index contributed by atoms with van der Waals surface area (Å²) in [5.41, 5.74) is 1.42. The first-order valence-electron chi connectivity index (χ1n) is 4.81. The smallest absolute Gasteiger partial charge is 0.130 e. The van der Waals surface area contributed by atoms with E-state index in [1.54, 1.807) is 18.3 Å². The van der Waals surface area contributed by atoms with Crippen LogP contribution in [0.15, 0.2) is 36.0 Å². The molecule has 0 aliphatic heterocycles. The van der Waals surface area contributed by atoms with Crippen LogP contribution in [-0.2, 0) is 0 Å². The molecule has 0 radical (unpaired) electrons. The number of nitriles is 2. The zero-order chi connectivity index (χ0) is 12.3. The summed E-state index contributed by atoms with van der Waals surface area (Å²) in [6.45, 7) is 0. The Labute approximate surface area is 103 Å². The van der Waals surface area contributed by atoms with Crippen LogP contribution in [0.2, 0.25) is 5.02 Å². The van der Waals surface area contributed by atoms with Gasteiger partial charge in [-0.1, -0.05) is 17.7 Å². The van der Waals surface area contributed by atoms with Crippen molar-refractivity contribution in [1.29, 1.82) is 10.5 Å². The zero-order valence-electron chi connectivity index (χ0n) is 8.68. The molecule has 0 unspecified atom stereocenters. The van der Waals surface area contributed by atoms with E-state index in [2.05, 4.69) is 4.98 Å². The topological polar surface area (TPSA) is 60.5 Å². The molecule has 0 fully saturated rings.